The Kier molecular flexibility index (Phi) is 4.85. The van der Waals surface area contributed by atoms with Crippen molar-refractivity contribution in [2.75, 3.05) is 19.7 Å². The van der Waals surface area contributed by atoms with Crippen molar-refractivity contribution in [1.29, 1.82) is 0 Å². The first-order valence-corrected chi connectivity index (χ1v) is 9.31. The number of likely N-dealkylation sites (tertiary alicyclic amines) is 1. The quantitative estimate of drug-likeness (QED) is 0.731. The van der Waals surface area contributed by atoms with Crippen LogP contribution < -0.4 is 4.74 Å². The molecule has 4 nitrogen and oxygen atoms in total. The van der Waals surface area contributed by atoms with Gasteiger partial charge < -0.3 is 14.6 Å². The summed E-state index contributed by atoms with van der Waals surface area (Å²) in [6.45, 7) is 1.55. The number of para-hydroxylation sites is 2. The number of piperidine rings is 1. The van der Waals surface area contributed by atoms with Crippen LogP contribution in [0.2, 0.25) is 5.02 Å². The van der Waals surface area contributed by atoms with E-state index in [0.717, 1.165) is 25.9 Å². The van der Waals surface area contributed by atoms with Crippen molar-refractivity contribution < 1.29 is 9.53 Å². The molecule has 0 atom stereocenters. The molecule has 0 spiro atoms. The van der Waals surface area contributed by atoms with Gasteiger partial charge in [-0.1, -0.05) is 41.9 Å². The zero-order chi connectivity index (χ0) is 17.9. The summed E-state index contributed by atoms with van der Waals surface area (Å²) in [7, 11) is 0. The molecule has 1 aromatic heterocycles. The second-order valence-corrected chi connectivity index (χ2v) is 7.07. The Bertz CT molecular complexity index is 913. The highest BCUT2D eigenvalue weighted by Gasteiger charge is 2.25. The molecule has 4 rings (SSSR count). The molecule has 134 valence electrons. The molecule has 5 heteroatoms. The number of nitrogens with one attached hydrogen (secondary N) is 1. The van der Waals surface area contributed by atoms with Crippen molar-refractivity contribution in [1.82, 2.24) is 9.88 Å². The van der Waals surface area contributed by atoms with Crippen molar-refractivity contribution in [3.8, 4) is 5.75 Å². The number of H-pyrrole nitrogens is 1. The average molecular weight is 369 g/mol. The van der Waals surface area contributed by atoms with Gasteiger partial charge in [0.2, 0.25) is 0 Å². The summed E-state index contributed by atoms with van der Waals surface area (Å²) < 4.78 is 5.58. The number of hydrogen-bond donors (Lipinski definition) is 1. The highest BCUT2D eigenvalue weighted by atomic mass is 35.5. The first-order chi connectivity index (χ1) is 12.7. The number of rotatable bonds is 4. The fraction of sp³-hybridized carbons (Fsp3) is 0.286. The van der Waals surface area contributed by atoms with Gasteiger partial charge in [-0.15, -0.1) is 0 Å². The standard InChI is InChI=1S/C21H21ClN2O2/c22-18-6-2-4-8-20(18)26-14-21(25)24-11-9-15(10-12-24)17-13-23-19-7-3-1-5-16(17)19/h1-8,13,15,23H,9-12,14H2. The minimum absolute atomic E-state index is 0.0160. The van der Waals surface area contributed by atoms with Crippen molar-refractivity contribution in [3.63, 3.8) is 0 Å². The molecule has 2 aromatic carbocycles. The molecule has 0 saturated carbocycles. The molecule has 3 aromatic rings. The van der Waals surface area contributed by atoms with Crippen molar-refractivity contribution >= 4 is 28.4 Å². The summed E-state index contributed by atoms with van der Waals surface area (Å²) in [5.74, 6) is 1.05. The van der Waals surface area contributed by atoms with Crippen LogP contribution in [0.25, 0.3) is 10.9 Å². The molecule has 26 heavy (non-hydrogen) atoms. The van der Waals surface area contributed by atoms with Gasteiger partial charge in [-0.05, 0) is 42.5 Å². The van der Waals surface area contributed by atoms with Gasteiger partial charge in [0.1, 0.15) is 5.75 Å². The minimum atomic E-state index is 0.0160. The van der Waals surface area contributed by atoms with Gasteiger partial charge in [0, 0.05) is 30.2 Å². The van der Waals surface area contributed by atoms with E-state index in [1.165, 1.54) is 16.5 Å². The topological polar surface area (TPSA) is 45.3 Å². The zero-order valence-corrected chi connectivity index (χ0v) is 15.2. The molecule has 1 saturated heterocycles. The molecule has 0 aliphatic carbocycles. The molecule has 2 heterocycles. The lowest BCUT2D eigenvalue weighted by molar-refractivity contribution is -0.134. The lowest BCUT2D eigenvalue weighted by Gasteiger charge is -2.32. The second kappa shape index (κ2) is 7.42. The number of ether oxygens (including phenoxy) is 1. The van der Waals surface area contributed by atoms with Gasteiger partial charge in [0.25, 0.3) is 5.91 Å². The lowest BCUT2D eigenvalue weighted by Crippen LogP contribution is -2.40. The summed E-state index contributed by atoms with van der Waals surface area (Å²) in [4.78, 5) is 17.7. The first-order valence-electron chi connectivity index (χ1n) is 8.93. The Balaban J connectivity index is 1.34. The third-order valence-corrected chi connectivity index (χ3v) is 5.41. The number of carbonyl (C=O) groups is 1. The Labute approximate surface area is 157 Å². The van der Waals surface area contributed by atoms with E-state index in [-0.39, 0.29) is 12.5 Å². The van der Waals surface area contributed by atoms with E-state index in [9.17, 15) is 4.79 Å². The van der Waals surface area contributed by atoms with Gasteiger partial charge in [-0.25, -0.2) is 0 Å². The molecular weight excluding hydrogens is 348 g/mol. The van der Waals surface area contributed by atoms with Gasteiger partial charge in [0.15, 0.2) is 6.61 Å². The summed E-state index contributed by atoms with van der Waals surface area (Å²) in [5.41, 5.74) is 2.54. The maximum Gasteiger partial charge on any atom is 0.260 e. The van der Waals surface area contributed by atoms with E-state index in [0.29, 0.717) is 16.7 Å². The first kappa shape index (κ1) is 17.0. The third-order valence-electron chi connectivity index (χ3n) is 5.10. The van der Waals surface area contributed by atoms with Crippen LogP contribution in [0.3, 0.4) is 0 Å². The normalized spacial score (nSPS) is 15.3. The smallest absolute Gasteiger partial charge is 0.260 e. The Morgan fingerprint density at radius 3 is 2.65 bits per heavy atom. The summed E-state index contributed by atoms with van der Waals surface area (Å²) in [6, 6.07) is 15.6. The van der Waals surface area contributed by atoms with Crippen LogP contribution in [0.15, 0.2) is 54.7 Å². The maximum absolute atomic E-state index is 12.4. The predicted octanol–water partition coefficient (Wildman–Crippen LogP) is 4.61. The number of benzene rings is 2. The van der Waals surface area contributed by atoms with Crippen LogP contribution in [-0.2, 0) is 4.79 Å². The van der Waals surface area contributed by atoms with Gasteiger partial charge >= 0.3 is 0 Å². The van der Waals surface area contributed by atoms with Crippen LogP contribution >= 0.6 is 11.6 Å². The average Bonchev–Trinajstić information content (AvgIpc) is 3.11. The van der Waals surface area contributed by atoms with Crippen LogP contribution in [0, 0.1) is 0 Å². The van der Waals surface area contributed by atoms with E-state index >= 15 is 0 Å². The van der Waals surface area contributed by atoms with Gasteiger partial charge in [-0.2, -0.15) is 0 Å². The van der Waals surface area contributed by atoms with E-state index in [1.807, 2.05) is 23.1 Å². The molecule has 0 bridgehead atoms. The van der Waals surface area contributed by atoms with Crippen molar-refractivity contribution in [2.45, 2.75) is 18.8 Å². The number of carbonyl (C=O) groups excluding carboxylic acids is 1. The van der Waals surface area contributed by atoms with E-state index in [2.05, 4.69) is 29.4 Å². The maximum atomic E-state index is 12.4. The number of nitrogens with zero attached hydrogens (tertiary/aromatic N) is 1. The Morgan fingerprint density at radius 2 is 1.85 bits per heavy atom. The van der Waals surface area contributed by atoms with E-state index < -0.39 is 0 Å². The highest BCUT2D eigenvalue weighted by molar-refractivity contribution is 6.32. The number of aromatic nitrogens is 1. The summed E-state index contributed by atoms with van der Waals surface area (Å²) >= 11 is 6.06. The Hall–Kier alpha value is -2.46. The van der Waals surface area contributed by atoms with Crippen molar-refractivity contribution in [3.05, 3.63) is 65.3 Å². The van der Waals surface area contributed by atoms with Gasteiger partial charge in [-0.3, -0.25) is 4.79 Å². The van der Waals surface area contributed by atoms with Crippen LogP contribution in [-0.4, -0.2) is 35.5 Å². The number of aromatic amines is 1. The predicted molar refractivity (Wildman–Crippen MR) is 104 cm³/mol. The number of hydrogen-bond acceptors (Lipinski definition) is 2. The molecule has 1 fully saturated rings. The van der Waals surface area contributed by atoms with Crippen LogP contribution in [0.1, 0.15) is 24.3 Å². The molecule has 0 unspecified atom stereocenters. The van der Waals surface area contributed by atoms with E-state index in [1.54, 1.807) is 12.1 Å². The third kappa shape index (κ3) is 3.42. The van der Waals surface area contributed by atoms with Crippen molar-refractivity contribution in [2.24, 2.45) is 0 Å². The Morgan fingerprint density at radius 1 is 1.12 bits per heavy atom. The molecule has 1 amide bonds. The zero-order valence-electron chi connectivity index (χ0n) is 14.5. The summed E-state index contributed by atoms with van der Waals surface area (Å²) in [6.07, 6.45) is 4.06. The molecule has 1 aliphatic rings. The molecule has 1 N–H and O–H groups in total. The SMILES string of the molecule is O=C(COc1ccccc1Cl)N1CCC(c2c[nH]c3ccccc23)CC1. The van der Waals surface area contributed by atoms with Crippen LogP contribution in [0.5, 0.6) is 5.75 Å². The van der Waals surface area contributed by atoms with Gasteiger partial charge in [0.05, 0.1) is 5.02 Å². The monoisotopic (exact) mass is 368 g/mol. The molecule has 1 aliphatic heterocycles. The second-order valence-electron chi connectivity index (χ2n) is 6.66. The molecular formula is C21H21ClN2O2. The van der Waals surface area contributed by atoms with Crippen LogP contribution in [0.4, 0.5) is 0 Å². The number of amides is 1. The summed E-state index contributed by atoms with van der Waals surface area (Å²) in [5, 5.41) is 1.82. The fourth-order valence-electron chi connectivity index (χ4n) is 3.66. The number of halogens is 1. The fourth-order valence-corrected chi connectivity index (χ4v) is 3.85. The highest BCUT2D eigenvalue weighted by Crippen LogP contribution is 2.33. The lowest BCUT2D eigenvalue weighted by atomic mass is 9.89. The number of fused-ring (bicyclic) bond motifs is 1. The molecule has 0 radical (unpaired) electrons. The largest absolute Gasteiger partial charge is 0.482 e. The minimum Gasteiger partial charge on any atom is -0.482 e. The van der Waals surface area contributed by atoms with E-state index in [4.69, 9.17) is 16.3 Å².